The molecule has 2 aliphatic rings. The molecule has 0 bridgehead atoms. The smallest absolute Gasteiger partial charge is 0.256 e. The van der Waals surface area contributed by atoms with E-state index in [0.29, 0.717) is 31.3 Å². The molecule has 1 aromatic heterocycles. The third kappa shape index (κ3) is 4.18. The van der Waals surface area contributed by atoms with Crippen LogP contribution in [0.25, 0.3) is 0 Å². The number of halogens is 2. The maximum atomic E-state index is 14.1. The molecule has 0 saturated carbocycles. The number of nitrogens with two attached hydrogens (primary N) is 1. The number of aromatic nitrogens is 3. The molecule has 2 atom stereocenters. The summed E-state index contributed by atoms with van der Waals surface area (Å²) in [6.45, 7) is 7.84. The fraction of sp³-hybridized carbons (Fsp3) is 0.545. The second-order valence-corrected chi connectivity index (χ2v) is 9.37. The van der Waals surface area contributed by atoms with Crippen LogP contribution in [0, 0.1) is 17.6 Å². The lowest BCUT2D eigenvalue weighted by atomic mass is 9.83. The Kier molecular flexibility index (Phi) is 5.53. The van der Waals surface area contributed by atoms with E-state index in [0.717, 1.165) is 25.5 Å². The molecule has 31 heavy (non-hydrogen) atoms. The largest absolute Gasteiger partial charge is 0.368 e. The summed E-state index contributed by atoms with van der Waals surface area (Å²) in [5.74, 6) is -0.950. The first-order valence-corrected chi connectivity index (χ1v) is 10.7. The van der Waals surface area contributed by atoms with Crippen LogP contribution in [0.5, 0.6) is 0 Å². The van der Waals surface area contributed by atoms with Crippen LogP contribution in [0.3, 0.4) is 0 Å². The molecule has 2 aliphatic heterocycles. The molecule has 1 aromatic carbocycles. The zero-order valence-electron chi connectivity index (χ0n) is 18.1. The molecule has 2 fully saturated rings. The van der Waals surface area contributed by atoms with Crippen molar-refractivity contribution in [3.8, 4) is 0 Å². The van der Waals surface area contributed by atoms with Gasteiger partial charge in [0, 0.05) is 31.1 Å². The van der Waals surface area contributed by atoms with Crippen molar-refractivity contribution in [2.75, 3.05) is 30.3 Å². The molecule has 3 heterocycles. The van der Waals surface area contributed by atoms with Crippen molar-refractivity contribution in [2.24, 2.45) is 5.92 Å². The monoisotopic (exact) mass is 430 g/mol. The summed E-state index contributed by atoms with van der Waals surface area (Å²) in [6, 6.07) is 3.87. The van der Waals surface area contributed by atoms with E-state index in [1.54, 1.807) is 4.90 Å². The van der Waals surface area contributed by atoms with E-state index in [-0.39, 0.29) is 28.9 Å². The van der Waals surface area contributed by atoms with Gasteiger partial charge in [-0.3, -0.25) is 4.79 Å². The minimum absolute atomic E-state index is 0.157. The van der Waals surface area contributed by atoms with Crippen LogP contribution in [0.1, 0.15) is 56.2 Å². The Bertz CT molecular complexity index is 992. The number of benzene rings is 1. The predicted molar refractivity (Wildman–Crippen MR) is 114 cm³/mol. The number of rotatable bonds is 2. The SMILES string of the molecule is CC(C)(C)c1nc(N)nc(N2CCCC3CN(C(=O)c4cccc(F)c4F)CCC32)n1. The first-order valence-electron chi connectivity index (χ1n) is 10.7. The highest BCUT2D eigenvalue weighted by Gasteiger charge is 2.39. The number of anilines is 2. The number of likely N-dealkylation sites (tertiary alicyclic amines) is 1. The molecular weight excluding hydrogens is 402 g/mol. The predicted octanol–water partition coefficient (Wildman–Crippen LogP) is 3.16. The normalized spacial score (nSPS) is 21.7. The molecule has 0 spiro atoms. The van der Waals surface area contributed by atoms with Gasteiger partial charge in [-0.25, -0.2) is 8.78 Å². The summed E-state index contributed by atoms with van der Waals surface area (Å²) in [5.41, 5.74) is 5.50. The fourth-order valence-corrected chi connectivity index (χ4v) is 4.52. The van der Waals surface area contributed by atoms with E-state index in [2.05, 4.69) is 14.9 Å². The molecule has 0 radical (unpaired) electrons. The van der Waals surface area contributed by atoms with Gasteiger partial charge in [-0.2, -0.15) is 15.0 Å². The van der Waals surface area contributed by atoms with Crippen LogP contribution in [-0.2, 0) is 5.41 Å². The van der Waals surface area contributed by atoms with Crippen LogP contribution in [0.2, 0.25) is 0 Å². The topological polar surface area (TPSA) is 88.2 Å². The van der Waals surface area contributed by atoms with Crippen molar-refractivity contribution in [1.82, 2.24) is 19.9 Å². The maximum absolute atomic E-state index is 14.1. The van der Waals surface area contributed by atoms with Crippen molar-refractivity contribution >= 4 is 17.8 Å². The Labute approximate surface area is 180 Å². The molecule has 166 valence electrons. The summed E-state index contributed by atoms with van der Waals surface area (Å²) in [5, 5.41) is 0. The first-order chi connectivity index (χ1) is 14.6. The number of nitrogens with zero attached hydrogens (tertiary/aromatic N) is 5. The van der Waals surface area contributed by atoms with Gasteiger partial charge in [0.05, 0.1) is 5.56 Å². The van der Waals surface area contributed by atoms with Crippen LogP contribution in [0.15, 0.2) is 18.2 Å². The molecule has 9 heteroatoms. The molecule has 2 N–H and O–H groups in total. The lowest BCUT2D eigenvalue weighted by Crippen LogP contribution is -2.56. The summed E-state index contributed by atoms with van der Waals surface area (Å²) in [7, 11) is 0. The van der Waals surface area contributed by atoms with Crippen LogP contribution < -0.4 is 10.6 Å². The van der Waals surface area contributed by atoms with Crippen molar-refractivity contribution in [2.45, 2.75) is 51.5 Å². The molecule has 4 rings (SSSR count). The van der Waals surface area contributed by atoms with Crippen LogP contribution in [0.4, 0.5) is 20.7 Å². The highest BCUT2D eigenvalue weighted by molar-refractivity contribution is 5.94. The zero-order chi connectivity index (χ0) is 22.3. The maximum Gasteiger partial charge on any atom is 0.256 e. The van der Waals surface area contributed by atoms with Gasteiger partial charge in [0.25, 0.3) is 5.91 Å². The molecule has 2 aromatic rings. The van der Waals surface area contributed by atoms with Gasteiger partial charge in [-0.1, -0.05) is 26.8 Å². The highest BCUT2D eigenvalue weighted by Crippen LogP contribution is 2.34. The Balaban J connectivity index is 1.55. The van der Waals surface area contributed by atoms with Crippen molar-refractivity contribution in [3.05, 3.63) is 41.2 Å². The third-order valence-electron chi connectivity index (χ3n) is 6.11. The molecular formula is C22H28F2N6O. The summed E-state index contributed by atoms with van der Waals surface area (Å²) >= 11 is 0. The molecule has 0 aliphatic carbocycles. The molecule has 1 amide bonds. The minimum Gasteiger partial charge on any atom is -0.368 e. The standard InChI is InChI=1S/C22H28F2N6O/c1-22(2,3)19-26-20(25)28-21(27-19)30-10-5-6-13-12-29(11-9-16(13)30)18(31)14-7-4-8-15(23)17(14)24/h4,7-8,13,16H,5-6,9-12H2,1-3H3,(H2,25,26,27,28). The Morgan fingerprint density at radius 3 is 2.65 bits per heavy atom. The lowest BCUT2D eigenvalue weighted by Gasteiger charge is -2.47. The number of hydrogen-bond acceptors (Lipinski definition) is 6. The number of hydrogen-bond donors (Lipinski definition) is 1. The average Bonchev–Trinajstić information content (AvgIpc) is 2.73. The number of carbonyl (C=O) groups excluding carboxylic acids is 1. The van der Waals surface area contributed by atoms with Gasteiger partial charge in [0.15, 0.2) is 11.6 Å². The first kappa shape index (κ1) is 21.4. The summed E-state index contributed by atoms with van der Waals surface area (Å²) in [6.07, 6.45) is 2.57. The van der Waals surface area contributed by atoms with Crippen molar-refractivity contribution in [1.29, 1.82) is 0 Å². The van der Waals surface area contributed by atoms with Gasteiger partial charge < -0.3 is 15.5 Å². The van der Waals surface area contributed by atoms with Gasteiger partial charge in [-0.05, 0) is 37.3 Å². The summed E-state index contributed by atoms with van der Waals surface area (Å²) in [4.78, 5) is 30.0. The highest BCUT2D eigenvalue weighted by atomic mass is 19.2. The van der Waals surface area contributed by atoms with Gasteiger partial charge >= 0.3 is 0 Å². The molecule has 2 saturated heterocycles. The second kappa shape index (κ2) is 8.01. The lowest BCUT2D eigenvalue weighted by molar-refractivity contribution is 0.0613. The van der Waals surface area contributed by atoms with Crippen LogP contribution >= 0.6 is 0 Å². The number of carbonyl (C=O) groups is 1. The second-order valence-electron chi connectivity index (χ2n) is 9.37. The Morgan fingerprint density at radius 2 is 1.90 bits per heavy atom. The zero-order valence-corrected chi connectivity index (χ0v) is 18.1. The van der Waals surface area contributed by atoms with Crippen molar-refractivity contribution in [3.63, 3.8) is 0 Å². The number of fused-ring (bicyclic) bond motifs is 1. The van der Waals surface area contributed by atoms with Crippen LogP contribution in [-0.4, -0.2) is 51.4 Å². The van der Waals surface area contributed by atoms with E-state index in [9.17, 15) is 13.6 Å². The fourth-order valence-electron chi connectivity index (χ4n) is 4.52. The molecule has 2 unspecified atom stereocenters. The number of amides is 1. The molecule has 7 nitrogen and oxygen atoms in total. The van der Waals surface area contributed by atoms with E-state index < -0.39 is 17.5 Å². The van der Waals surface area contributed by atoms with E-state index in [1.807, 2.05) is 20.8 Å². The van der Waals surface area contributed by atoms with E-state index in [4.69, 9.17) is 10.7 Å². The third-order valence-corrected chi connectivity index (χ3v) is 6.11. The number of piperidine rings is 2. The van der Waals surface area contributed by atoms with E-state index in [1.165, 1.54) is 12.1 Å². The van der Waals surface area contributed by atoms with Crippen molar-refractivity contribution < 1.29 is 13.6 Å². The Hall–Kier alpha value is -2.84. The van der Waals surface area contributed by atoms with E-state index >= 15 is 0 Å². The quantitative estimate of drug-likeness (QED) is 0.787. The van der Waals surface area contributed by atoms with Gasteiger partial charge in [0.2, 0.25) is 11.9 Å². The van der Waals surface area contributed by atoms with Gasteiger partial charge in [-0.15, -0.1) is 0 Å². The number of nitrogen functional groups attached to an aromatic ring is 1. The Morgan fingerprint density at radius 1 is 1.13 bits per heavy atom. The summed E-state index contributed by atoms with van der Waals surface area (Å²) < 4.78 is 27.7. The van der Waals surface area contributed by atoms with Gasteiger partial charge in [0.1, 0.15) is 5.82 Å². The minimum atomic E-state index is -1.09. The average molecular weight is 431 g/mol.